The Bertz CT molecular complexity index is 3210. The first-order chi connectivity index (χ1) is 28.2. The highest BCUT2D eigenvalue weighted by Crippen LogP contribution is 2.44. The first-order valence-electron chi connectivity index (χ1n) is 19.4. The minimum Gasteiger partial charge on any atom is -0.455 e. The molecule has 4 nitrogen and oxygen atoms in total. The van der Waals surface area contributed by atoms with E-state index in [-0.39, 0.29) is 5.92 Å². The van der Waals surface area contributed by atoms with Crippen LogP contribution in [0.25, 0.3) is 88.5 Å². The number of aromatic nitrogens is 3. The van der Waals surface area contributed by atoms with Crippen molar-refractivity contribution in [3.63, 3.8) is 0 Å². The number of para-hydroxylation sites is 1. The fourth-order valence-electron chi connectivity index (χ4n) is 8.42. The van der Waals surface area contributed by atoms with Crippen molar-refractivity contribution >= 4 is 54.6 Å². The Kier molecular flexibility index (Phi) is 7.92. The van der Waals surface area contributed by atoms with Gasteiger partial charge < -0.3 is 4.42 Å². The number of rotatable bonds is 6. The number of allylic oxidation sites excluding steroid dienone is 4. The van der Waals surface area contributed by atoms with Crippen molar-refractivity contribution in [3.8, 4) is 33.9 Å². The molecule has 0 fully saturated rings. The van der Waals surface area contributed by atoms with Gasteiger partial charge in [0.05, 0.1) is 0 Å². The first kappa shape index (κ1) is 33.0. The maximum atomic E-state index is 6.73. The molecule has 268 valence electrons. The third-order valence-corrected chi connectivity index (χ3v) is 11.3. The van der Waals surface area contributed by atoms with Crippen molar-refractivity contribution in [3.05, 3.63) is 211 Å². The number of hydrogen-bond acceptors (Lipinski definition) is 4. The lowest BCUT2D eigenvalue weighted by molar-refractivity contribution is 0.670. The number of fused-ring (bicyclic) bond motifs is 5. The minimum atomic E-state index is -0.0865. The largest absolute Gasteiger partial charge is 0.455 e. The van der Waals surface area contributed by atoms with Gasteiger partial charge in [0.25, 0.3) is 0 Å². The molecule has 11 rings (SSSR count). The van der Waals surface area contributed by atoms with E-state index in [0.717, 1.165) is 56.4 Å². The van der Waals surface area contributed by atoms with Crippen LogP contribution < -0.4 is 0 Å². The molecule has 0 amide bonds. The van der Waals surface area contributed by atoms with Crippen molar-refractivity contribution < 1.29 is 4.42 Å². The van der Waals surface area contributed by atoms with Crippen LogP contribution >= 0.6 is 0 Å². The predicted octanol–water partition coefficient (Wildman–Crippen LogP) is 13.7. The highest BCUT2D eigenvalue weighted by atomic mass is 16.3. The van der Waals surface area contributed by atoms with E-state index in [1.165, 1.54) is 43.8 Å². The average Bonchev–Trinajstić information content (AvgIpc) is 3.68. The van der Waals surface area contributed by atoms with Crippen LogP contribution in [0.15, 0.2) is 199 Å². The fraction of sp³-hybridized carbons (Fsp3) is 0.0377. The van der Waals surface area contributed by atoms with E-state index in [2.05, 4.69) is 164 Å². The summed E-state index contributed by atoms with van der Waals surface area (Å²) in [4.78, 5) is 15.8. The molecule has 10 aromatic rings. The van der Waals surface area contributed by atoms with Crippen molar-refractivity contribution in [2.45, 2.75) is 12.3 Å². The van der Waals surface area contributed by atoms with Crippen LogP contribution in [0.3, 0.4) is 0 Å². The van der Waals surface area contributed by atoms with Gasteiger partial charge in [-0.1, -0.05) is 164 Å². The maximum absolute atomic E-state index is 6.73. The fourth-order valence-corrected chi connectivity index (χ4v) is 8.42. The molecular formula is C53H35N3O. The Hall–Kier alpha value is -7.43. The second kappa shape index (κ2) is 13.7. The van der Waals surface area contributed by atoms with Gasteiger partial charge >= 0.3 is 0 Å². The molecule has 0 N–H and O–H groups in total. The first-order valence-corrected chi connectivity index (χ1v) is 19.4. The summed E-state index contributed by atoms with van der Waals surface area (Å²) >= 11 is 0. The molecule has 0 saturated carbocycles. The van der Waals surface area contributed by atoms with Gasteiger partial charge in [-0.15, -0.1) is 0 Å². The summed E-state index contributed by atoms with van der Waals surface area (Å²) in [6, 6.07) is 63.9. The van der Waals surface area contributed by atoms with Crippen LogP contribution in [0.4, 0.5) is 0 Å². The number of nitrogens with zero attached hydrogens (tertiary/aromatic N) is 3. The molecule has 57 heavy (non-hydrogen) atoms. The Labute approximate surface area is 330 Å². The summed E-state index contributed by atoms with van der Waals surface area (Å²) in [5, 5.41) is 6.86. The van der Waals surface area contributed by atoms with Gasteiger partial charge in [0.1, 0.15) is 17.0 Å². The van der Waals surface area contributed by atoms with E-state index >= 15 is 0 Å². The molecule has 0 aliphatic heterocycles. The summed E-state index contributed by atoms with van der Waals surface area (Å²) in [6.07, 6.45) is 5.27. The Morgan fingerprint density at radius 3 is 1.81 bits per heavy atom. The maximum Gasteiger partial charge on any atom is 0.164 e. The Balaban J connectivity index is 1.09. The van der Waals surface area contributed by atoms with Gasteiger partial charge in [0, 0.05) is 33.4 Å². The van der Waals surface area contributed by atoms with E-state index in [1.807, 2.05) is 30.3 Å². The molecule has 1 unspecified atom stereocenters. The minimum absolute atomic E-state index is 0.0865. The summed E-state index contributed by atoms with van der Waals surface area (Å²) < 4.78 is 6.73. The molecular weight excluding hydrogens is 695 g/mol. The molecule has 0 spiro atoms. The number of hydrogen-bond donors (Lipinski definition) is 0. The second-order valence-corrected chi connectivity index (χ2v) is 14.7. The van der Waals surface area contributed by atoms with Crippen molar-refractivity contribution in [1.82, 2.24) is 15.0 Å². The van der Waals surface area contributed by atoms with Gasteiger partial charge in [-0.05, 0) is 86.1 Å². The van der Waals surface area contributed by atoms with Crippen molar-refractivity contribution in [1.29, 1.82) is 0 Å². The molecule has 0 bridgehead atoms. The normalized spacial score (nSPS) is 14.3. The van der Waals surface area contributed by atoms with Crippen LogP contribution in [0, 0.1) is 0 Å². The van der Waals surface area contributed by atoms with Gasteiger partial charge in [-0.25, -0.2) is 15.0 Å². The lowest BCUT2D eigenvalue weighted by Crippen LogP contribution is -2.11. The molecule has 0 radical (unpaired) electrons. The SMILES string of the molecule is C1=CC(c2nc(-c3ccccc3)nc(-c3ccc(-c4ccc5ccccc5c4)c4oc5ccccc5c34)n2)CC(c2ccc3ccccc3c2)=C1c1ccccc1. The summed E-state index contributed by atoms with van der Waals surface area (Å²) in [5.41, 5.74) is 10.5. The monoisotopic (exact) mass is 729 g/mol. The molecule has 4 heteroatoms. The van der Waals surface area contributed by atoms with E-state index in [9.17, 15) is 0 Å². The summed E-state index contributed by atoms with van der Waals surface area (Å²) in [7, 11) is 0. The third kappa shape index (κ3) is 5.90. The average molecular weight is 730 g/mol. The smallest absolute Gasteiger partial charge is 0.164 e. The Morgan fingerprint density at radius 1 is 0.456 bits per heavy atom. The molecule has 8 aromatic carbocycles. The third-order valence-electron chi connectivity index (χ3n) is 11.3. The van der Waals surface area contributed by atoms with Crippen molar-refractivity contribution in [2.75, 3.05) is 0 Å². The number of furan rings is 1. The molecule has 1 atom stereocenters. The van der Waals surface area contributed by atoms with Crippen LogP contribution in [-0.2, 0) is 0 Å². The lowest BCUT2D eigenvalue weighted by atomic mass is 9.82. The Morgan fingerprint density at radius 2 is 1.05 bits per heavy atom. The highest BCUT2D eigenvalue weighted by molar-refractivity contribution is 6.16. The second-order valence-electron chi connectivity index (χ2n) is 14.7. The van der Waals surface area contributed by atoms with Gasteiger partial charge in [-0.3, -0.25) is 0 Å². The number of benzene rings is 8. The molecule has 2 aromatic heterocycles. The van der Waals surface area contributed by atoms with E-state index in [4.69, 9.17) is 19.4 Å². The van der Waals surface area contributed by atoms with Crippen LogP contribution in [0.2, 0.25) is 0 Å². The van der Waals surface area contributed by atoms with Crippen molar-refractivity contribution in [2.24, 2.45) is 0 Å². The highest BCUT2D eigenvalue weighted by Gasteiger charge is 2.26. The van der Waals surface area contributed by atoms with E-state index in [1.54, 1.807) is 0 Å². The molecule has 2 heterocycles. The van der Waals surface area contributed by atoms with E-state index in [0.29, 0.717) is 11.6 Å². The van der Waals surface area contributed by atoms with Gasteiger partial charge in [-0.2, -0.15) is 0 Å². The lowest BCUT2D eigenvalue weighted by Gasteiger charge is -2.23. The standard InChI is InChI=1S/C53H35N3O/c1-3-15-36(16-4-1)43-28-27-42(33-47(43)41-26-24-35-14-8-10-20-39(35)32-41)52-54-51(37-17-5-2-6-18-37)55-53(56-52)46-30-29-44(40-25-23-34-13-7-9-19-38(34)31-40)50-49(46)45-21-11-12-22-48(45)57-50/h1-32,42H,33H2. The van der Waals surface area contributed by atoms with Crippen LogP contribution in [0.1, 0.15) is 29.3 Å². The topological polar surface area (TPSA) is 51.8 Å². The molecule has 1 aliphatic rings. The van der Waals surface area contributed by atoms with Crippen LogP contribution in [0.5, 0.6) is 0 Å². The van der Waals surface area contributed by atoms with Gasteiger partial charge in [0.15, 0.2) is 11.6 Å². The molecule has 0 saturated heterocycles. The zero-order chi connectivity index (χ0) is 37.7. The summed E-state index contributed by atoms with van der Waals surface area (Å²) in [5.74, 6) is 1.92. The summed E-state index contributed by atoms with van der Waals surface area (Å²) in [6.45, 7) is 0. The zero-order valence-corrected chi connectivity index (χ0v) is 31.0. The van der Waals surface area contributed by atoms with E-state index < -0.39 is 0 Å². The van der Waals surface area contributed by atoms with Gasteiger partial charge in [0.2, 0.25) is 0 Å². The molecule has 1 aliphatic carbocycles. The predicted molar refractivity (Wildman–Crippen MR) is 235 cm³/mol. The quantitative estimate of drug-likeness (QED) is 0.171. The van der Waals surface area contributed by atoms with Crippen LogP contribution in [-0.4, -0.2) is 15.0 Å². The zero-order valence-electron chi connectivity index (χ0n) is 31.0.